The van der Waals surface area contributed by atoms with Gasteiger partial charge in [-0.15, -0.1) is 0 Å². The molecular weight excluding hydrogens is 495 g/mol. The SMILES string of the molecule is C[C@H]1C[C@@H](c2ccncc2CC(=O)c2ccc(F)c(-c3c(F)cc(CC(C)(C)O)cc3F)n2)C[C@@H](N)[C@@H]1O. The van der Waals surface area contributed by atoms with Crippen LogP contribution in [0.2, 0.25) is 0 Å². The summed E-state index contributed by atoms with van der Waals surface area (Å²) in [5.74, 6) is -3.51. The molecule has 38 heavy (non-hydrogen) atoms. The molecular formula is C29H32F3N3O3. The van der Waals surface area contributed by atoms with E-state index in [1.807, 2.05) is 13.0 Å². The van der Waals surface area contributed by atoms with Gasteiger partial charge in [0, 0.05) is 31.3 Å². The summed E-state index contributed by atoms with van der Waals surface area (Å²) in [4.78, 5) is 21.4. The summed E-state index contributed by atoms with van der Waals surface area (Å²) < 4.78 is 44.6. The van der Waals surface area contributed by atoms with Crippen molar-refractivity contribution in [1.82, 2.24) is 9.97 Å². The fourth-order valence-corrected chi connectivity index (χ4v) is 5.30. The second-order valence-electron chi connectivity index (χ2n) is 10.9. The molecule has 0 spiro atoms. The normalized spacial score (nSPS) is 21.9. The van der Waals surface area contributed by atoms with E-state index < -0.39 is 46.2 Å². The van der Waals surface area contributed by atoms with Crippen LogP contribution in [0.3, 0.4) is 0 Å². The van der Waals surface area contributed by atoms with Crippen molar-refractivity contribution in [3.63, 3.8) is 0 Å². The zero-order valence-corrected chi connectivity index (χ0v) is 21.6. The first-order valence-corrected chi connectivity index (χ1v) is 12.6. The Labute approximate surface area is 219 Å². The predicted molar refractivity (Wildman–Crippen MR) is 137 cm³/mol. The zero-order chi connectivity index (χ0) is 27.8. The van der Waals surface area contributed by atoms with E-state index in [1.165, 1.54) is 19.9 Å². The van der Waals surface area contributed by atoms with Crippen LogP contribution >= 0.6 is 0 Å². The highest BCUT2D eigenvalue weighted by molar-refractivity contribution is 5.96. The molecule has 1 fully saturated rings. The number of benzene rings is 1. The lowest BCUT2D eigenvalue weighted by molar-refractivity contribution is 0.0519. The maximum Gasteiger partial charge on any atom is 0.185 e. The molecule has 2 aromatic heterocycles. The van der Waals surface area contributed by atoms with Gasteiger partial charge in [0.05, 0.1) is 17.3 Å². The Morgan fingerprint density at radius 3 is 2.42 bits per heavy atom. The number of carbonyl (C=O) groups is 1. The van der Waals surface area contributed by atoms with Crippen LogP contribution in [-0.4, -0.2) is 43.7 Å². The number of hydrogen-bond donors (Lipinski definition) is 3. The van der Waals surface area contributed by atoms with Crippen molar-refractivity contribution in [2.75, 3.05) is 0 Å². The van der Waals surface area contributed by atoms with Crippen LogP contribution in [0.5, 0.6) is 0 Å². The summed E-state index contributed by atoms with van der Waals surface area (Å²) in [5, 5.41) is 20.2. The molecule has 6 nitrogen and oxygen atoms in total. The van der Waals surface area contributed by atoms with Crippen molar-refractivity contribution in [2.45, 2.75) is 70.1 Å². The number of nitrogens with two attached hydrogens (primary N) is 1. The van der Waals surface area contributed by atoms with Gasteiger partial charge < -0.3 is 15.9 Å². The number of carbonyl (C=O) groups excluding carboxylic acids is 1. The summed E-state index contributed by atoms with van der Waals surface area (Å²) >= 11 is 0. The van der Waals surface area contributed by atoms with Gasteiger partial charge in [0.25, 0.3) is 0 Å². The molecule has 1 aliphatic rings. The van der Waals surface area contributed by atoms with Crippen molar-refractivity contribution in [1.29, 1.82) is 0 Å². The maximum absolute atomic E-state index is 14.9. The molecule has 2 heterocycles. The second-order valence-corrected chi connectivity index (χ2v) is 10.9. The van der Waals surface area contributed by atoms with E-state index in [2.05, 4.69) is 9.97 Å². The quantitative estimate of drug-likeness (QED) is 0.391. The third kappa shape index (κ3) is 6.11. The van der Waals surface area contributed by atoms with Crippen molar-refractivity contribution in [3.8, 4) is 11.3 Å². The number of hydrogen-bond acceptors (Lipinski definition) is 6. The van der Waals surface area contributed by atoms with Gasteiger partial charge in [-0.2, -0.15) is 0 Å². The summed E-state index contributed by atoms with van der Waals surface area (Å²) in [6.07, 6.45) is 3.76. The minimum Gasteiger partial charge on any atom is -0.391 e. The first-order chi connectivity index (χ1) is 17.8. The molecule has 0 saturated heterocycles. The van der Waals surface area contributed by atoms with E-state index >= 15 is 0 Å². The molecule has 1 aromatic carbocycles. The van der Waals surface area contributed by atoms with E-state index in [4.69, 9.17) is 5.73 Å². The number of ketones is 1. The Kier molecular flexibility index (Phi) is 8.01. The van der Waals surface area contributed by atoms with Crippen LogP contribution < -0.4 is 5.73 Å². The Morgan fingerprint density at radius 2 is 1.79 bits per heavy atom. The summed E-state index contributed by atoms with van der Waals surface area (Å²) in [6, 6.07) is 5.65. The molecule has 1 aliphatic carbocycles. The third-order valence-electron chi connectivity index (χ3n) is 7.07. The predicted octanol–water partition coefficient (Wildman–Crippen LogP) is 4.50. The average molecular weight is 528 g/mol. The van der Waals surface area contributed by atoms with E-state index in [0.717, 1.165) is 23.8 Å². The summed E-state index contributed by atoms with van der Waals surface area (Å²) in [7, 11) is 0. The number of aliphatic hydroxyl groups is 2. The highest BCUT2D eigenvalue weighted by Gasteiger charge is 2.34. The fourth-order valence-electron chi connectivity index (χ4n) is 5.30. The van der Waals surface area contributed by atoms with Gasteiger partial charge >= 0.3 is 0 Å². The lowest BCUT2D eigenvalue weighted by Crippen LogP contribution is -2.44. The maximum atomic E-state index is 14.9. The van der Waals surface area contributed by atoms with Gasteiger partial charge in [0.1, 0.15) is 28.8 Å². The molecule has 1 saturated carbocycles. The highest BCUT2D eigenvalue weighted by Crippen LogP contribution is 2.37. The van der Waals surface area contributed by atoms with Gasteiger partial charge in [-0.1, -0.05) is 6.92 Å². The standard InChI is InChI=1S/C29H32F3N3O3/c1-15-8-17(11-23(33)28(15)37)19-6-7-34-14-18(19)12-25(36)24-5-4-20(30)27(35-24)26-21(31)9-16(10-22(26)32)13-29(2,3)38/h4-7,9-10,14-15,17,23,28,37-38H,8,11-13,33H2,1-3H3/t15-,17+,23+,28+/m0/s1. The molecule has 202 valence electrons. The molecule has 0 amide bonds. The molecule has 4 N–H and O–H groups in total. The van der Waals surface area contributed by atoms with E-state index in [9.17, 15) is 28.2 Å². The first kappa shape index (κ1) is 27.9. The Hall–Kier alpha value is -3.14. The molecule has 4 atom stereocenters. The second kappa shape index (κ2) is 10.9. The average Bonchev–Trinajstić information content (AvgIpc) is 2.82. The monoisotopic (exact) mass is 527 g/mol. The molecule has 4 rings (SSSR count). The Balaban J connectivity index is 1.62. The number of rotatable bonds is 7. The van der Waals surface area contributed by atoms with Crippen LogP contribution in [-0.2, 0) is 12.8 Å². The van der Waals surface area contributed by atoms with E-state index in [0.29, 0.717) is 18.4 Å². The van der Waals surface area contributed by atoms with Crippen molar-refractivity contribution < 1.29 is 28.2 Å². The lowest BCUT2D eigenvalue weighted by Gasteiger charge is -2.36. The lowest BCUT2D eigenvalue weighted by atomic mass is 9.74. The molecule has 0 bridgehead atoms. The van der Waals surface area contributed by atoms with Crippen LogP contribution in [0, 0.1) is 23.4 Å². The topological polar surface area (TPSA) is 109 Å². The summed E-state index contributed by atoms with van der Waals surface area (Å²) in [5.41, 5.74) is 5.27. The van der Waals surface area contributed by atoms with Gasteiger partial charge in [-0.3, -0.25) is 9.78 Å². The molecule has 0 unspecified atom stereocenters. The van der Waals surface area contributed by atoms with Crippen molar-refractivity contribution in [3.05, 3.63) is 82.6 Å². The Bertz CT molecular complexity index is 1310. The number of pyridine rings is 2. The van der Waals surface area contributed by atoms with Gasteiger partial charge in [-0.25, -0.2) is 18.2 Å². The highest BCUT2D eigenvalue weighted by atomic mass is 19.1. The zero-order valence-electron chi connectivity index (χ0n) is 21.6. The van der Waals surface area contributed by atoms with Gasteiger partial charge in [-0.05, 0) is 85.5 Å². The number of aromatic nitrogens is 2. The molecule has 3 aromatic rings. The minimum absolute atomic E-state index is 0.00731. The van der Waals surface area contributed by atoms with Gasteiger partial charge in [0.2, 0.25) is 0 Å². The minimum atomic E-state index is -1.19. The smallest absolute Gasteiger partial charge is 0.185 e. The third-order valence-corrected chi connectivity index (χ3v) is 7.07. The Morgan fingerprint density at radius 1 is 1.11 bits per heavy atom. The van der Waals surface area contributed by atoms with Crippen LogP contribution in [0.4, 0.5) is 13.2 Å². The number of Topliss-reactive ketones (excluding diaryl/α,β-unsaturated/α-hetero) is 1. The van der Waals surface area contributed by atoms with E-state index in [1.54, 1.807) is 12.4 Å². The van der Waals surface area contributed by atoms with Gasteiger partial charge in [0.15, 0.2) is 5.78 Å². The van der Waals surface area contributed by atoms with E-state index in [-0.39, 0.29) is 42.0 Å². The van der Waals surface area contributed by atoms with Crippen molar-refractivity contribution in [2.24, 2.45) is 11.7 Å². The largest absolute Gasteiger partial charge is 0.391 e. The molecule has 0 radical (unpaired) electrons. The number of nitrogens with zero attached hydrogens (tertiary/aromatic N) is 2. The van der Waals surface area contributed by atoms with Crippen molar-refractivity contribution >= 4 is 5.78 Å². The van der Waals surface area contributed by atoms with Crippen LogP contribution in [0.15, 0.2) is 42.7 Å². The summed E-state index contributed by atoms with van der Waals surface area (Å²) in [6.45, 7) is 4.95. The molecule has 0 aliphatic heterocycles. The number of aliphatic hydroxyl groups excluding tert-OH is 1. The number of halogens is 3. The van der Waals surface area contributed by atoms with Crippen LogP contribution in [0.1, 0.15) is 66.7 Å². The fraction of sp³-hybridized carbons (Fsp3) is 0.414. The molecule has 9 heteroatoms. The van der Waals surface area contributed by atoms with Crippen LogP contribution in [0.25, 0.3) is 11.3 Å². The first-order valence-electron chi connectivity index (χ1n) is 12.6.